The van der Waals surface area contributed by atoms with Gasteiger partial charge in [0.25, 0.3) is 0 Å². The maximum absolute atomic E-state index is 9.40. The van der Waals surface area contributed by atoms with Crippen LogP contribution in [-0.2, 0) is 4.74 Å². The highest BCUT2D eigenvalue weighted by atomic mass is 16.5. The molecular weight excluding hydrogens is 314 g/mol. The van der Waals surface area contributed by atoms with E-state index in [9.17, 15) is 10.2 Å². The predicted octanol–water partition coefficient (Wildman–Crippen LogP) is 1.93. The standard InChI is InChI=1S/C21H25NO3/c22-21(15-23,16-24)17-25-20(19-13-9-6-10-14-19)18-11-7-4-2-1-3-5-8-12-18/h6,9-10,12-14,20,23-24H,1-4,15-17,22H2/b18-12+. The molecule has 4 nitrogen and oxygen atoms in total. The van der Waals surface area contributed by atoms with Crippen molar-refractivity contribution in [2.45, 2.75) is 37.3 Å². The first-order chi connectivity index (χ1) is 12.2. The molecule has 0 aromatic heterocycles. The molecular formula is C21H25NO3. The van der Waals surface area contributed by atoms with Crippen LogP contribution in [0.1, 0.15) is 37.4 Å². The number of hydrogen-bond acceptors (Lipinski definition) is 4. The first-order valence-corrected chi connectivity index (χ1v) is 8.53. The van der Waals surface area contributed by atoms with Crippen LogP contribution in [0.4, 0.5) is 0 Å². The molecule has 1 aliphatic rings. The summed E-state index contributed by atoms with van der Waals surface area (Å²) in [5.41, 5.74) is 6.45. The number of ether oxygens (including phenoxy) is 1. The van der Waals surface area contributed by atoms with Crippen LogP contribution in [0.5, 0.6) is 0 Å². The number of aliphatic hydroxyl groups excluding tert-OH is 2. The first-order valence-electron chi connectivity index (χ1n) is 8.53. The Morgan fingerprint density at radius 3 is 2.44 bits per heavy atom. The molecule has 4 heteroatoms. The molecule has 2 rings (SSSR count). The summed E-state index contributed by atoms with van der Waals surface area (Å²) >= 11 is 0. The molecule has 0 amide bonds. The van der Waals surface area contributed by atoms with Crippen molar-refractivity contribution in [3.05, 3.63) is 47.5 Å². The van der Waals surface area contributed by atoms with Crippen molar-refractivity contribution in [1.82, 2.24) is 0 Å². The Morgan fingerprint density at radius 2 is 1.76 bits per heavy atom. The highest BCUT2D eigenvalue weighted by Crippen LogP contribution is 2.26. The van der Waals surface area contributed by atoms with Crippen LogP contribution in [0.2, 0.25) is 0 Å². The lowest BCUT2D eigenvalue weighted by atomic mass is 9.99. The zero-order valence-electron chi connectivity index (χ0n) is 14.4. The zero-order chi connectivity index (χ0) is 18.0. The van der Waals surface area contributed by atoms with Crippen molar-refractivity contribution in [3.8, 4) is 23.7 Å². The van der Waals surface area contributed by atoms with Gasteiger partial charge in [0, 0.05) is 24.5 Å². The number of hydrogen-bond donors (Lipinski definition) is 3. The van der Waals surface area contributed by atoms with Crippen LogP contribution in [0.3, 0.4) is 0 Å². The highest BCUT2D eigenvalue weighted by Gasteiger charge is 2.27. The van der Waals surface area contributed by atoms with Crippen molar-refractivity contribution in [2.75, 3.05) is 19.8 Å². The first kappa shape index (κ1) is 19.2. The Balaban J connectivity index is 2.31. The Labute approximate surface area is 149 Å². The molecule has 4 N–H and O–H groups in total. The van der Waals surface area contributed by atoms with Gasteiger partial charge in [-0.25, -0.2) is 0 Å². The van der Waals surface area contributed by atoms with Gasteiger partial charge in [0.2, 0.25) is 0 Å². The summed E-state index contributed by atoms with van der Waals surface area (Å²) in [6.07, 6.45) is 5.14. The molecule has 0 saturated carbocycles. The minimum atomic E-state index is -1.19. The van der Waals surface area contributed by atoms with Crippen LogP contribution >= 0.6 is 0 Å². The maximum atomic E-state index is 9.40. The van der Waals surface area contributed by atoms with Gasteiger partial charge in [-0.2, -0.15) is 0 Å². The molecule has 0 saturated heterocycles. The monoisotopic (exact) mass is 339 g/mol. The van der Waals surface area contributed by atoms with E-state index in [4.69, 9.17) is 10.5 Å². The van der Waals surface area contributed by atoms with E-state index in [0.29, 0.717) is 0 Å². The molecule has 0 aliphatic heterocycles. The second kappa shape index (κ2) is 10.0. The minimum Gasteiger partial charge on any atom is -0.394 e. The van der Waals surface area contributed by atoms with E-state index in [0.717, 1.165) is 36.8 Å². The third-order valence-electron chi connectivity index (χ3n) is 3.97. The molecule has 0 spiro atoms. The Morgan fingerprint density at radius 1 is 1.08 bits per heavy atom. The summed E-state index contributed by atoms with van der Waals surface area (Å²) in [6, 6.07) is 9.70. The number of rotatable bonds is 7. The molecule has 0 fully saturated rings. The number of allylic oxidation sites excluding steroid dienone is 1. The van der Waals surface area contributed by atoms with Crippen molar-refractivity contribution in [2.24, 2.45) is 5.73 Å². The Bertz CT molecular complexity index is 685. The fraction of sp³-hybridized carbons (Fsp3) is 0.429. The van der Waals surface area contributed by atoms with Gasteiger partial charge in [-0.1, -0.05) is 54.0 Å². The topological polar surface area (TPSA) is 75.7 Å². The zero-order valence-corrected chi connectivity index (χ0v) is 14.4. The number of aliphatic hydroxyl groups is 2. The molecule has 1 aliphatic carbocycles. The van der Waals surface area contributed by atoms with E-state index in [-0.39, 0.29) is 19.8 Å². The number of benzene rings is 1. The Hall–Kier alpha value is -2.08. The Kier molecular flexibility index (Phi) is 7.73. The lowest BCUT2D eigenvalue weighted by Crippen LogP contribution is -2.51. The second-order valence-electron chi connectivity index (χ2n) is 6.21. The van der Waals surface area contributed by atoms with Crippen molar-refractivity contribution in [3.63, 3.8) is 0 Å². The molecule has 1 unspecified atom stereocenters. The van der Waals surface area contributed by atoms with Crippen LogP contribution in [0.25, 0.3) is 0 Å². The molecule has 25 heavy (non-hydrogen) atoms. The molecule has 0 bridgehead atoms. The van der Waals surface area contributed by atoms with Crippen molar-refractivity contribution < 1.29 is 14.9 Å². The van der Waals surface area contributed by atoms with Crippen molar-refractivity contribution >= 4 is 0 Å². The number of nitrogens with two attached hydrogens (primary N) is 1. The SMILES string of the molecule is NC(CO)(CO)COC(/C1=C/C#CCCCCC#C1)c1ccccc1. The van der Waals surface area contributed by atoms with Gasteiger partial charge in [0.15, 0.2) is 0 Å². The average Bonchev–Trinajstić information content (AvgIpc) is 2.67. The normalized spacial score (nSPS) is 18.0. The third-order valence-corrected chi connectivity index (χ3v) is 3.97. The quantitative estimate of drug-likeness (QED) is 0.664. The second-order valence-corrected chi connectivity index (χ2v) is 6.21. The molecule has 1 atom stereocenters. The minimum absolute atomic E-state index is 0.00596. The van der Waals surface area contributed by atoms with Crippen LogP contribution < -0.4 is 5.73 Å². The lowest BCUT2D eigenvalue weighted by Gasteiger charge is -2.28. The predicted molar refractivity (Wildman–Crippen MR) is 98.3 cm³/mol. The largest absolute Gasteiger partial charge is 0.394 e. The fourth-order valence-corrected chi connectivity index (χ4v) is 2.35. The molecule has 132 valence electrons. The van der Waals surface area contributed by atoms with Gasteiger partial charge < -0.3 is 20.7 Å². The van der Waals surface area contributed by atoms with Crippen LogP contribution in [0.15, 0.2) is 42.0 Å². The van der Waals surface area contributed by atoms with E-state index >= 15 is 0 Å². The van der Waals surface area contributed by atoms with Gasteiger partial charge in [0.1, 0.15) is 6.10 Å². The third kappa shape index (κ3) is 6.05. The van der Waals surface area contributed by atoms with Gasteiger partial charge in [0.05, 0.1) is 25.4 Å². The van der Waals surface area contributed by atoms with Gasteiger partial charge in [-0.3, -0.25) is 0 Å². The van der Waals surface area contributed by atoms with E-state index in [1.807, 2.05) is 30.3 Å². The molecule has 0 radical (unpaired) electrons. The van der Waals surface area contributed by atoms with E-state index in [2.05, 4.69) is 23.7 Å². The summed E-state index contributed by atoms with van der Waals surface area (Å²) in [7, 11) is 0. The van der Waals surface area contributed by atoms with Crippen LogP contribution in [0, 0.1) is 23.7 Å². The molecule has 1 aromatic carbocycles. The molecule has 1 aromatic rings. The van der Waals surface area contributed by atoms with E-state index in [1.54, 1.807) is 6.08 Å². The lowest BCUT2D eigenvalue weighted by molar-refractivity contribution is -0.00116. The summed E-state index contributed by atoms with van der Waals surface area (Å²) in [6.45, 7) is -0.725. The summed E-state index contributed by atoms with van der Waals surface area (Å²) in [4.78, 5) is 0. The van der Waals surface area contributed by atoms with E-state index in [1.165, 1.54) is 0 Å². The average molecular weight is 339 g/mol. The van der Waals surface area contributed by atoms with Crippen LogP contribution in [-0.4, -0.2) is 35.6 Å². The van der Waals surface area contributed by atoms with Gasteiger partial charge >= 0.3 is 0 Å². The fourth-order valence-electron chi connectivity index (χ4n) is 2.35. The maximum Gasteiger partial charge on any atom is 0.116 e. The van der Waals surface area contributed by atoms with E-state index < -0.39 is 11.6 Å². The smallest absolute Gasteiger partial charge is 0.116 e. The highest BCUT2D eigenvalue weighted by molar-refractivity contribution is 5.42. The van der Waals surface area contributed by atoms with Gasteiger partial charge in [-0.05, 0) is 18.4 Å². The van der Waals surface area contributed by atoms with Gasteiger partial charge in [-0.15, -0.1) is 0 Å². The van der Waals surface area contributed by atoms with Crippen molar-refractivity contribution in [1.29, 1.82) is 0 Å². The summed E-state index contributed by atoms with van der Waals surface area (Å²) in [5, 5.41) is 18.8. The summed E-state index contributed by atoms with van der Waals surface area (Å²) in [5.74, 6) is 12.5. The molecule has 0 heterocycles. The summed E-state index contributed by atoms with van der Waals surface area (Å²) < 4.78 is 6.00.